The van der Waals surface area contributed by atoms with Gasteiger partial charge in [0.25, 0.3) is 0 Å². The Kier molecular flexibility index (Phi) is 6.67. The monoisotopic (exact) mass is 736 g/mol. The van der Waals surface area contributed by atoms with Crippen LogP contribution in [0.5, 0.6) is 0 Å². The second-order valence-electron chi connectivity index (χ2n) is 22.6. The van der Waals surface area contributed by atoms with Crippen LogP contribution in [0.3, 0.4) is 0 Å². The molecule has 0 heteroatoms. The lowest BCUT2D eigenvalue weighted by Gasteiger charge is -2.43. The van der Waals surface area contributed by atoms with Crippen LogP contribution in [0.1, 0.15) is 292 Å². The highest BCUT2D eigenvalue weighted by molar-refractivity contribution is 5.85. The van der Waals surface area contributed by atoms with Gasteiger partial charge in [-0.2, -0.15) is 0 Å². The Hall–Kier alpha value is -2.60. The summed E-state index contributed by atoms with van der Waals surface area (Å²) in [6.45, 7) is 0. The van der Waals surface area contributed by atoms with E-state index in [1.54, 1.807) is 11.1 Å². The molecule has 6 saturated carbocycles. The van der Waals surface area contributed by atoms with Gasteiger partial charge in [-0.15, -0.1) is 0 Å². The predicted molar refractivity (Wildman–Crippen MR) is 230 cm³/mol. The van der Waals surface area contributed by atoms with Crippen molar-refractivity contribution in [2.75, 3.05) is 0 Å². The molecular formula is C56H64+2. The molecule has 3 aromatic rings. The zero-order valence-electron chi connectivity index (χ0n) is 34.2. The largest absolute Gasteiger partial charge is 0.111 e. The molecule has 0 aliphatic heterocycles. The number of fused-ring (bicyclic) bond motifs is 12. The molecule has 56 heavy (non-hydrogen) atoms. The first-order valence-electron chi connectivity index (χ1n) is 25.1. The first-order valence-corrected chi connectivity index (χ1v) is 25.1. The van der Waals surface area contributed by atoms with Crippen molar-refractivity contribution in [2.45, 2.75) is 225 Å². The lowest BCUT2D eigenvalue weighted by Crippen LogP contribution is -2.29. The fourth-order valence-electron chi connectivity index (χ4n) is 18.7. The smallest absolute Gasteiger partial charge is 0.0440 e. The molecule has 3 aromatic carbocycles. The summed E-state index contributed by atoms with van der Waals surface area (Å²) >= 11 is 0. The van der Waals surface area contributed by atoms with Gasteiger partial charge in [-0.05, 0) is 196 Å². The summed E-state index contributed by atoms with van der Waals surface area (Å²) in [5.41, 5.74) is 30.7. The Morgan fingerprint density at radius 1 is 0.286 bits per heavy atom. The van der Waals surface area contributed by atoms with Gasteiger partial charge >= 0.3 is 0 Å². The molecule has 21 rings (SSSR count). The lowest BCUT2D eigenvalue weighted by atomic mass is 9.58. The quantitative estimate of drug-likeness (QED) is 0.230. The average Bonchev–Trinajstić information content (AvgIpc) is 3.57. The van der Waals surface area contributed by atoms with E-state index in [-0.39, 0.29) is 0 Å². The number of hydrogen-bond acceptors (Lipinski definition) is 0. The number of rotatable bonds is 2. The van der Waals surface area contributed by atoms with Crippen LogP contribution >= 0.6 is 0 Å². The fourth-order valence-corrected chi connectivity index (χ4v) is 18.7. The third kappa shape index (κ3) is 4.06. The Labute approximate surface area is 337 Å². The molecule has 0 aromatic heterocycles. The van der Waals surface area contributed by atoms with E-state index in [4.69, 9.17) is 0 Å². The minimum atomic E-state index is 0.791. The van der Waals surface area contributed by atoms with Gasteiger partial charge in [0.15, 0.2) is 0 Å². The highest BCUT2D eigenvalue weighted by Crippen LogP contribution is 2.67. The Morgan fingerprint density at radius 2 is 0.554 bits per heavy atom. The molecular weight excluding hydrogens is 673 g/mol. The van der Waals surface area contributed by atoms with Gasteiger partial charge in [0.05, 0.1) is 22.3 Å². The van der Waals surface area contributed by atoms with Gasteiger partial charge in [-0.25, -0.2) is 0 Å². The van der Waals surface area contributed by atoms with Gasteiger partial charge in [-0.1, -0.05) is 0 Å². The number of hydrogen-bond donors (Lipinski definition) is 0. The van der Waals surface area contributed by atoms with Crippen molar-refractivity contribution >= 4 is 0 Å². The summed E-state index contributed by atoms with van der Waals surface area (Å²) in [5, 5.41) is 0. The third-order valence-electron chi connectivity index (χ3n) is 20.7. The van der Waals surface area contributed by atoms with Crippen LogP contribution in [-0.4, -0.2) is 0 Å². The normalized spacial score (nSPS) is 39.1. The molecule has 0 amide bonds. The molecule has 12 bridgehead atoms. The van der Waals surface area contributed by atoms with Crippen LogP contribution in [0, 0.1) is 0 Å². The Morgan fingerprint density at radius 3 is 0.893 bits per heavy atom. The van der Waals surface area contributed by atoms with E-state index in [9.17, 15) is 0 Å². The van der Waals surface area contributed by atoms with Gasteiger partial charge in [0.1, 0.15) is 11.1 Å². The molecule has 0 N–H and O–H groups in total. The van der Waals surface area contributed by atoms with Crippen molar-refractivity contribution in [1.82, 2.24) is 0 Å². The van der Waals surface area contributed by atoms with Crippen LogP contribution in [0.15, 0.2) is 24.3 Å². The summed E-state index contributed by atoms with van der Waals surface area (Å²) in [7, 11) is 0. The molecule has 286 valence electrons. The molecule has 0 heterocycles. The van der Waals surface area contributed by atoms with Crippen molar-refractivity contribution < 1.29 is 0 Å². The highest BCUT2D eigenvalue weighted by atomic mass is 14.5. The van der Waals surface area contributed by atoms with E-state index in [0.717, 1.165) is 71.0 Å². The van der Waals surface area contributed by atoms with Gasteiger partial charge in [0, 0.05) is 109 Å². The average molecular weight is 737 g/mol. The van der Waals surface area contributed by atoms with E-state index >= 15 is 0 Å². The van der Waals surface area contributed by atoms with Crippen molar-refractivity contribution in [3.8, 4) is 22.3 Å². The van der Waals surface area contributed by atoms with Gasteiger partial charge in [0.2, 0.25) is 0 Å². The zero-order valence-corrected chi connectivity index (χ0v) is 34.2. The van der Waals surface area contributed by atoms with Crippen molar-refractivity contribution in [3.63, 3.8) is 0 Å². The molecule has 0 atom stereocenters. The first-order chi connectivity index (χ1) is 27.8. The summed E-state index contributed by atoms with van der Waals surface area (Å²) in [6, 6.07) is 10.8. The molecule has 0 radical (unpaired) electrons. The van der Waals surface area contributed by atoms with Crippen LogP contribution in [0.4, 0.5) is 0 Å². The molecule has 0 unspecified atom stereocenters. The summed E-state index contributed by atoms with van der Waals surface area (Å²) in [6.07, 6.45) is 35.3. The van der Waals surface area contributed by atoms with Crippen LogP contribution in [0.2, 0.25) is 0 Å². The summed E-state index contributed by atoms with van der Waals surface area (Å²) < 4.78 is 0. The van der Waals surface area contributed by atoms with E-state index in [1.165, 1.54) is 154 Å². The first kappa shape index (κ1) is 32.3. The summed E-state index contributed by atoms with van der Waals surface area (Å²) in [5.74, 6) is 9.90. The molecule has 0 nitrogen and oxygen atoms in total. The molecule has 0 spiro atoms. The standard InChI is InChI=1S/C56H64/c1-2-41(55-51-37-20-12-33(13-21-37)47(51)43-29-4-5-30(7-6-29)44(43)48-34-14-22-38(23-15-34)52(48)55)28-42(3-1)56-53-39-24-16-35(17-25-39)49(53)45-31-8-9-32(11-10-31)46(45)50-36-18-26-40(27-19-36)54(50)56/h1-3,28-40H,4-27H2/q+2. The van der Waals surface area contributed by atoms with Crippen LogP contribution < -0.4 is 0 Å². The zero-order chi connectivity index (χ0) is 36.0. The van der Waals surface area contributed by atoms with Gasteiger partial charge < -0.3 is 0 Å². The molecule has 0 saturated heterocycles. The second kappa shape index (κ2) is 11.6. The fraction of sp³-hybridized carbons (Fsp3) is 0.643. The van der Waals surface area contributed by atoms with E-state index < -0.39 is 0 Å². The molecule has 6 fully saturated rings. The van der Waals surface area contributed by atoms with Crippen molar-refractivity contribution in [2.24, 2.45) is 0 Å². The minimum Gasteiger partial charge on any atom is -0.0440 e. The minimum absolute atomic E-state index is 0.791. The maximum Gasteiger partial charge on any atom is 0.111 e. The topological polar surface area (TPSA) is 0 Å². The van der Waals surface area contributed by atoms with E-state index in [1.807, 2.05) is 77.9 Å². The molecule has 18 aliphatic rings. The van der Waals surface area contributed by atoms with Crippen LogP contribution in [-0.2, 0) is 0 Å². The maximum atomic E-state index is 2.90. The second-order valence-corrected chi connectivity index (χ2v) is 22.6. The summed E-state index contributed by atoms with van der Waals surface area (Å²) in [4.78, 5) is 0. The molecule has 18 aliphatic carbocycles. The Bertz CT molecular complexity index is 1940. The van der Waals surface area contributed by atoms with E-state index in [0.29, 0.717) is 0 Å². The van der Waals surface area contributed by atoms with Crippen molar-refractivity contribution in [1.29, 1.82) is 0 Å². The third-order valence-corrected chi connectivity index (χ3v) is 20.7. The Balaban J connectivity index is 1.06. The van der Waals surface area contributed by atoms with Crippen molar-refractivity contribution in [3.05, 3.63) is 91.0 Å². The van der Waals surface area contributed by atoms with Gasteiger partial charge in [-0.3, -0.25) is 0 Å². The lowest BCUT2D eigenvalue weighted by molar-refractivity contribution is 0.321. The maximum absolute atomic E-state index is 2.90. The predicted octanol–water partition coefficient (Wildman–Crippen LogP) is 16.1. The van der Waals surface area contributed by atoms with Crippen LogP contribution in [0.25, 0.3) is 22.3 Å². The highest BCUT2D eigenvalue weighted by Gasteiger charge is 2.54. The van der Waals surface area contributed by atoms with E-state index in [2.05, 4.69) is 24.3 Å². The number of benzene rings is 1. The SMILES string of the molecule is c1cc(-c2c3c(c4c(c5[c+]2C2CCC5CC2)C2CCC4CC2)C2CCC3CC2)cc(-c2c3c(c4c(c5[c+]2C2CCC5CC2)C2CCC4CC2)C2CCC3CC2)c1.